The molecule has 1 fully saturated rings. The fourth-order valence-corrected chi connectivity index (χ4v) is 2.13. The van der Waals surface area contributed by atoms with Gasteiger partial charge < -0.3 is 21.2 Å². The minimum atomic E-state index is -0.836. The molecular weight excluding hydrogens is 250 g/mol. The molecule has 0 aromatic carbocycles. The number of nitrogens with zero attached hydrogens (tertiary/aromatic N) is 4. The number of nitrogens with one attached hydrogen (secondary N) is 2. The van der Waals surface area contributed by atoms with Gasteiger partial charge in [0.05, 0.1) is 6.20 Å². The molecule has 5 N–H and O–H groups in total. The predicted octanol–water partition coefficient (Wildman–Crippen LogP) is -1.25. The van der Waals surface area contributed by atoms with Crippen molar-refractivity contribution >= 4 is 11.7 Å². The van der Waals surface area contributed by atoms with Crippen molar-refractivity contribution in [2.24, 2.45) is 10.9 Å². The van der Waals surface area contributed by atoms with Crippen LogP contribution in [0.3, 0.4) is 0 Å². The van der Waals surface area contributed by atoms with E-state index in [1.165, 1.54) is 6.20 Å². The van der Waals surface area contributed by atoms with Crippen LogP contribution >= 0.6 is 0 Å². The van der Waals surface area contributed by atoms with Crippen molar-refractivity contribution in [3.05, 3.63) is 11.9 Å². The second-order valence-electron chi connectivity index (χ2n) is 4.68. The molecule has 9 heteroatoms. The number of nitrogens with two attached hydrogens (primary N) is 1. The van der Waals surface area contributed by atoms with Crippen molar-refractivity contribution in [2.75, 3.05) is 20.1 Å². The summed E-state index contributed by atoms with van der Waals surface area (Å²) >= 11 is 0. The van der Waals surface area contributed by atoms with Gasteiger partial charge in [-0.05, 0) is 19.9 Å². The first kappa shape index (κ1) is 13.3. The molecule has 1 aliphatic rings. The SMILES string of the molecule is CN1CCC(NC(=O)c2cn[nH]n2)(C(N)=NO)CC1. The zero-order valence-corrected chi connectivity index (χ0v) is 10.6. The summed E-state index contributed by atoms with van der Waals surface area (Å²) in [5, 5.41) is 24.5. The lowest BCUT2D eigenvalue weighted by Gasteiger charge is -2.39. The highest BCUT2D eigenvalue weighted by atomic mass is 16.4. The molecule has 0 aliphatic carbocycles. The third-order valence-electron chi connectivity index (χ3n) is 3.44. The third-order valence-corrected chi connectivity index (χ3v) is 3.44. The second-order valence-corrected chi connectivity index (χ2v) is 4.68. The number of amides is 1. The molecule has 1 saturated heterocycles. The molecule has 0 bridgehead atoms. The van der Waals surface area contributed by atoms with Crippen molar-refractivity contribution in [3.63, 3.8) is 0 Å². The van der Waals surface area contributed by atoms with E-state index in [9.17, 15) is 4.79 Å². The number of carbonyl (C=O) groups excluding carboxylic acids is 1. The molecule has 2 heterocycles. The largest absolute Gasteiger partial charge is 0.409 e. The topological polar surface area (TPSA) is 133 Å². The second kappa shape index (κ2) is 5.22. The van der Waals surface area contributed by atoms with E-state index in [0.29, 0.717) is 12.8 Å². The normalized spacial score (nSPS) is 20.2. The molecular formula is C10H17N7O2. The molecule has 0 spiro atoms. The van der Waals surface area contributed by atoms with E-state index in [1.807, 2.05) is 7.05 Å². The van der Waals surface area contributed by atoms with Crippen molar-refractivity contribution in [1.82, 2.24) is 25.6 Å². The smallest absolute Gasteiger partial charge is 0.274 e. The fourth-order valence-electron chi connectivity index (χ4n) is 2.13. The summed E-state index contributed by atoms with van der Waals surface area (Å²) in [6.07, 6.45) is 2.47. The number of likely N-dealkylation sites (tertiary alicyclic amines) is 1. The van der Waals surface area contributed by atoms with E-state index in [0.717, 1.165) is 13.1 Å². The Morgan fingerprint density at radius 1 is 1.63 bits per heavy atom. The quantitative estimate of drug-likeness (QED) is 0.234. The van der Waals surface area contributed by atoms with Crippen LogP contribution in [0, 0.1) is 0 Å². The Kier molecular flexibility index (Phi) is 3.65. The Bertz CT molecular complexity index is 462. The lowest BCUT2D eigenvalue weighted by Crippen LogP contribution is -2.62. The summed E-state index contributed by atoms with van der Waals surface area (Å²) in [5.74, 6) is -0.387. The van der Waals surface area contributed by atoms with Gasteiger partial charge in [0.2, 0.25) is 0 Å². The number of aromatic nitrogens is 3. The molecule has 0 atom stereocenters. The van der Waals surface area contributed by atoms with Crippen LogP contribution in [0.15, 0.2) is 11.4 Å². The minimum absolute atomic E-state index is 0.0115. The maximum Gasteiger partial charge on any atom is 0.274 e. The molecule has 1 aromatic heterocycles. The van der Waals surface area contributed by atoms with Gasteiger partial charge >= 0.3 is 0 Å². The number of amidine groups is 1. The van der Waals surface area contributed by atoms with Gasteiger partial charge in [0, 0.05) is 13.1 Å². The Balaban J connectivity index is 2.17. The number of hydrogen-bond acceptors (Lipinski definition) is 6. The molecule has 0 radical (unpaired) electrons. The molecule has 0 saturated carbocycles. The summed E-state index contributed by atoms with van der Waals surface area (Å²) in [6.45, 7) is 1.49. The average Bonchev–Trinajstić information content (AvgIpc) is 2.95. The van der Waals surface area contributed by atoms with Gasteiger partial charge in [0.15, 0.2) is 11.5 Å². The number of carbonyl (C=O) groups is 1. The average molecular weight is 267 g/mol. The Labute approximate surface area is 109 Å². The standard InChI is InChI=1S/C10H17N7O2/c1-17-4-2-10(3-5-17,9(11)15-19)13-8(18)7-6-12-16-14-7/h6,19H,2-5H2,1H3,(H2,11,15)(H,13,18)(H,12,14,16). The van der Waals surface area contributed by atoms with Gasteiger partial charge in [0.1, 0.15) is 5.54 Å². The zero-order valence-electron chi connectivity index (χ0n) is 10.6. The van der Waals surface area contributed by atoms with Gasteiger partial charge in [-0.15, -0.1) is 0 Å². The monoisotopic (exact) mass is 267 g/mol. The van der Waals surface area contributed by atoms with Crippen LogP contribution < -0.4 is 11.1 Å². The Hall–Kier alpha value is -2.16. The van der Waals surface area contributed by atoms with Crippen LogP contribution in [0.5, 0.6) is 0 Å². The van der Waals surface area contributed by atoms with E-state index in [4.69, 9.17) is 10.9 Å². The molecule has 2 rings (SSSR count). The van der Waals surface area contributed by atoms with E-state index in [-0.39, 0.29) is 11.5 Å². The molecule has 9 nitrogen and oxygen atoms in total. The van der Waals surface area contributed by atoms with Gasteiger partial charge in [-0.2, -0.15) is 15.4 Å². The summed E-state index contributed by atoms with van der Waals surface area (Å²) in [6, 6.07) is 0. The van der Waals surface area contributed by atoms with Crippen LogP contribution in [0.2, 0.25) is 0 Å². The number of rotatable bonds is 3. The summed E-state index contributed by atoms with van der Waals surface area (Å²) in [7, 11) is 1.98. The van der Waals surface area contributed by atoms with Crippen LogP contribution in [-0.2, 0) is 0 Å². The van der Waals surface area contributed by atoms with Crippen molar-refractivity contribution in [2.45, 2.75) is 18.4 Å². The summed E-state index contributed by atoms with van der Waals surface area (Å²) in [4.78, 5) is 14.2. The number of aromatic amines is 1. The number of H-pyrrole nitrogens is 1. The number of hydrogen-bond donors (Lipinski definition) is 4. The van der Waals surface area contributed by atoms with Crippen LogP contribution in [0.1, 0.15) is 23.3 Å². The predicted molar refractivity (Wildman–Crippen MR) is 66.7 cm³/mol. The van der Waals surface area contributed by atoms with E-state index in [2.05, 4.69) is 30.8 Å². The molecule has 104 valence electrons. The highest BCUT2D eigenvalue weighted by molar-refractivity contribution is 5.99. The van der Waals surface area contributed by atoms with Gasteiger partial charge in [0.25, 0.3) is 5.91 Å². The van der Waals surface area contributed by atoms with Crippen LogP contribution in [0.4, 0.5) is 0 Å². The molecule has 1 amide bonds. The summed E-state index contributed by atoms with van der Waals surface area (Å²) in [5.41, 5.74) is 5.09. The van der Waals surface area contributed by atoms with Gasteiger partial charge in [-0.25, -0.2) is 0 Å². The Morgan fingerprint density at radius 2 is 2.32 bits per heavy atom. The van der Waals surface area contributed by atoms with Crippen molar-refractivity contribution in [1.29, 1.82) is 0 Å². The fraction of sp³-hybridized carbons (Fsp3) is 0.600. The lowest BCUT2D eigenvalue weighted by molar-refractivity contribution is 0.0881. The van der Waals surface area contributed by atoms with E-state index >= 15 is 0 Å². The van der Waals surface area contributed by atoms with E-state index in [1.54, 1.807) is 0 Å². The first-order chi connectivity index (χ1) is 9.07. The van der Waals surface area contributed by atoms with E-state index < -0.39 is 11.4 Å². The minimum Gasteiger partial charge on any atom is -0.409 e. The lowest BCUT2D eigenvalue weighted by atomic mass is 9.86. The highest BCUT2D eigenvalue weighted by Gasteiger charge is 2.40. The molecule has 1 aromatic rings. The van der Waals surface area contributed by atoms with Crippen LogP contribution in [-0.4, -0.2) is 62.9 Å². The maximum atomic E-state index is 12.0. The summed E-state index contributed by atoms with van der Waals surface area (Å²) < 4.78 is 0. The van der Waals surface area contributed by atoms with Crippen molar-refractivity contribution in [3.8, 4) is 0 Å². The number of piperidine rings is 1. The van der Waals surface area contributed by atoms with Crippen LogP contribution in [0.25, 0.3) is 0 Å². The molecule has 19 heavy (non-hydrogen) atoms. The van der Waals surface area contributed by atoms with Crippen molar-refractivity contribution < 1.29 is 10.0 Å². The molecule has 0 unspecified atom stereocenters. The van der Waals surface area contributed by atoms with Gasteiger partial charge in [-0.3, -0.25) is 4.79 Å². The highest BCUT2D eigenvalue weighted by Crippen LogP contribution is 2.22. The maximum absolute atomic E-state index is 12.0. The van der Waals surface area contributed by atoms with Gasteiger partial charge in [-0.1, -0.05) is 5.16 Å². The Morgan fingerprint density at radius 3 is 2.84 bits per heavy atom. The third kappa shape index (κ3) is 2.65. The first-order valence-corrected chi connectivity index (χ1v) is 5.92. The molecule has 1 aliphatic heterocycles. The zero-order chi connectivity index (χ0) is 13.9. The number of oxime groups is 1. The first-order valence-electron chi connectivity index (χ1n) is 5.92.